The average Bonchev–Trinajstić information content (AvgIpc) is 3.57. The van der Waals surface area contributed by atoms with Gasteiger partial charge >= 0.3 is 0 Å². The fourth-order valence-electron chi connectivity index (χ4n) is 7.15. The lowest BCUT2D eigenvalue weighted by Gasteiger charge is -2.35. The summed E-state index contributed by atoms with van der Waals surface area (Å²) in [5, 5.41) is 6.78. The first-order valence-corrected chi connectivity index (χ1v) is 15.4. The third kappa shape index (κ3) is 5.42. The SMILES string of the molecule is CCCN(CCC)CCN1C(=O)[C@@H]2[C@@H](C(=O)Nc3ccc(C)c(Cl)c3)[C@@H]3C=C[C@@]2(O3)[C@@H]1C(=O)NC1CCCCC1. The monoisotopic (exact) mass is 570 g/mol. The molecule has 218 valence electrons. The molecule has 5 atom stereocenters. The fraction of sp³-hybridized carbons (Fsp3) is 0.645. The van der Waals surface area contributed by atoms with Crippen molar-refractivity contribution in [2.45, 2.75) is 89.5 Å². The highest BCUT2D eigenvalue weighted by molar-refractivity contribution is 6.31. The molecule has 5 rings (SSSR count). The molecule has 8 nitrogen and oxygen atoms in total. The number of nitrogens with one attached hydrogen (secondary N) is 2. The standard InChI is InChI=1S/C31H43ClN4O4/c1-4-15-35(16-5-2)17-18-36-27(29(38)33-21-9-7-6-8-10-21)31-14-13-24(40-31)25(26(31)30(36)39)28(37)34-22-12-11-20(3)23(32)19-22/h11-14,19,21,24-27H,4-10,15-18H2,1-3H3,(H,33,38)(H,34,37)/t24-,25-,26-,27-,31-/m0/s1. The molecular weight excluding hydrogens is 528 g/mol. The van der Waals surface area contributed by atoms with Crippen molar-refractivity contribution in [3.8, 4) is 0 Å². The van der Waals surface area contributed by atoms with E-state index in [-0.39, 0.29) is 23.8 Å². The molecule has 3 amide bonds. The topological polar surface area (TPSA) is 91.0 Å². The van der Waals surface area contributed by atoms with E-state index in [1.54, 1.807) is 17.0 Å². The third-order valence-electron chi connectivity index (χ3n) is 9.05. The Balaban J connectivity index is 1.41. The van der Waals surface area contributed by atoms with E-state index in [1.807, 2.05) is 25.1 Å². The van der Waals surface area contributed by atoms with Crippen molar-refractivity contribution in [1.29, 1.82) is 0 Å². The fourth-order valence-corrected chi connectivity index (χ4v) is 7.33. The zero-order valence-corrected chi connectivity index (χ0v) is 24.7. The molecule has 3 heterocycles. The summed E-state index contributed by atoms with van der Waals surface area (Å²) in [6, 6.07) is 4.68. The van der Waals surface area contributed by atoms with E-state index in [2.05, 4.69) is 29.4 Å². The van der Waals surface area contributed by atoms with Gasteiger partial charge in [-0.15, -0.1) is 0 Å². The lowest BCUT2D eigenvalue weighted by Crippen LogP contribution is -2.57. The molecule has 40 heavy (non-hydrogen) atoms. The summed E-state index contributed by atoms with van der Waals surface area (Å²) in [5.74, 6) is -2.12. The molecule has 3 fully saturated rings. The molecule has 1 saturated carbocycles. The first kappa shape index (κ1) is 29.1. The number of amides is 3. The molecular formula is C31H43ClN4O4. The predicted molar refractivity (Wildman–Crippen MR) is 156 cm³/mol. The molecule has 2 saturated heterocycles. The van der Waals surface area contributed by atoms with Gasteiger partial charge in [0.1, 0.15) is 11.6 Å². The Kier molecular flexibility index (Phi) is 8.88. The number of hydrogen-bond acceptors (Lipinski definition) is 5. The summed E-state index contributed by atoms with van der Waals surface area (Å²) in [6.45, 7) is 9.17. The van der Waals surface area contributed by atoms with E-state index in [0.717, 1.165) is 57.2 Å². The molecule has 1 aromatic carbocycles. The van der Waals surface area contributed by atoms with Crippen molar-refractivity contribution in [2.75, 3.05) is 31.5 Å². The predicted octanol–water partition coefficient (Wildman–Crippen LogP) is 4.31. The summed E-state index contributed by atoms with van der Waals surface area (Å²) in [7, 11) is 0. The molecule has 1 spiro atoms. The summed E-state index contributed by atoms with van der Waals surface area (Å²) in [5.41, 5.74) is 0.344. The highest BCUT2D eigenvalue weighted by Gasteiger charge is 2.72. The van der Waals surface area contributed by atoms with Crippen LogP contribution in [0.4, 0.5) is 5.69 Å². The number of aryl methyl sites for hydroxylation is 1. The number of carbonyl (C=O) groups excluding carboxylic acids is 3. The number of ether oxygens (including phenoxy) is 1. The molecule has 3 aliphatic heterocycles. The normalized spacial score (nSPS) is 29.3. The number of carbonyl (C=O) groups is 3. The second-order valence-corrected chi connectivity index (χ2v) is 12.3. The Morgan fingerprint density at radius 2 is 1.82 bits per heavy atom. The van der Waals surface area contributed by atoms with Crippen LogP contribution in [0, 0.1) is 18.8 Å². The second kappa shape index (κ2) is 12.2. The maximum atomic E-state index is 14.2. The van der Waals surface area contributed by atoms with Crippen molar-refractivity contribution in [2.24, 2.45) is 11.8 Å². The van der Waals surface area contributed by atoms with Crippen LogP contribution in [0.25, 0.3) is 0 Å². The van der Waals surface area contributed by atoms with E-state index >= 15 is 0 Å². The molecule has 2 N–H and O–H groups in total. The van der Waals surface area contributed by atoms with Crippen molar-refractivity contribution in [1.82, 2.24) is 15.1 Å². The van der Waals surface area contributed by atoms with Gasteiger partial charge in [-0.2, -0.15) is 0 Å². The van der Waals surface area contributed by atoms with E-state index in [9.17, 15) is 14.4 Å². The molecule has 4 aliphatic rings. The zero-order chi connectivity index (χ0) is 28.4. The summed E-state index contributed by atoms with van der Waals surface area (Å²) < 4.78 is 6.49. The number of nitrogens with zero attached hydrogens (tertiary/aromatic N) is 2. The molecule has 2 bridgehead atoms. The molecule has 9 heteroatoms. The lowest BCUT2D eigenvalue weighted by atomic mass is 9.74. The van der Waals surface area contributed by atoms with Gasteiger partial charge in [-0.25, -0.2) is 0 Å². The van der Waals surface area contributed by atoms with E-state index in [0.29, 0.717) is 23.8 Å². The van der Waals surface area contributed by atoms with Gasteiger partial charge in [-0.3, -0.25) is 14.4 Å². The maximum absolute atomic E-state index is 14.2. The molecule has 1 aromatic rings. The Morgan fingerprint density at radius 1 is 1.10 bits per heavy atom. The Morgan fingerprint density at radius 3 is 2.50 bits per heavy atom. The largest absolute Gasteiger partial charge is 0.359 e. The van der Waals surface area contributed by atoms with Crippen molar-refractivity contribution in [3.05, 3.63) is 40.9 Å². The number of benzene rings is 1. The third-order valence-corrected chi connectivity index (χ3v) is 9.46. The van der Waals surface area contributed by atoms with Crippen LogP contribution in [0.15, 0.2) is 30.4 Å². The van der Waals surface area contributed by atoms with Gasteiger partial charge in [-0.1, -0.05) is 62.9 Å². The minimum atomic E-state index is -1.15. The highest BCUT2D eigenvalue weighted by Crippen LogP contribution is 2.55. The summed E-state index contributed by atoms with van der Waals surface area (Å²) in [4.78, 5) is 45.9. The van der Waals surface area contributed by atoms with E-state index < -0.39 is 29.6 Å². The number of likely N-dealkylation sites (tertiary alicyclic amines) is 1. The molecule has 0 unspecified atom stereocenters. The zero-order valence-electron chi connectivity index (χ0n) is 24.0. The van der Waals surface area contributed by atoms with Crippen LogP contribution < -0.4 is 10.6 Å². The van der Waals surface area contributed by atoms with Gasteiger partial charge < -0.3 is 25.2 Å². The number of rotatable bonds is 11. The van der Waals surface area contributed by atoms with Gasteiger partial charge in [0.2, 0.25) is 17.7 Å². The first-order chi connectivity index (χ1) is 19.3. The number of halogens is 1. The Labute approximate surface area is 242 Å². The highest BCUT2D eigenvalue weighted by atomic mass is 35.5. The van der Waals surface area contributed by atoms with E-state index in [1.165, 1.54) is 6.42 Å². The van der Waals surface area contributed by atoms with Crippen LogP contribution in [0.2, 0.25) is 5.02 Å². The minimum absolute atomic E-state index is 0.110. The van der Waals surface area contributed by atoms with Gasteiger partial charge in [0, 0.05) is 29.8 Å². The maximum Gasteiger partial charge on any atom is 0.246 e. The molecule has 0 radical (unpaired) electrons. The Hall–Kier alpha value is -2.42. The lowest BCUT2D eigenvalue weighted by molar-refractivity contribution is -0.141. The number of fused-ring (bicyclic) bond motifs is 1. The van der Waals surface area contributed by atoms with Gasteiger partial charge in [0.05, 0.1) is 17.9 Å². The van der Waals surface area contributed by atoms with Crippen molar-refractivity contribution >= 4 is 35.0 Å². The van der Waals surface area contributed by atoms with Gasteiger partial charge in [-0.05, 0) is 63.4 Å². The first-order valence-electron chi connectivity index (χ1n) is 15.1. The molecule has 1 aliphatic carbocycles. The number of hydrogen-bond donors (Lipinski definition) is 2. The smallest absolute Gasteiger partial charge is 0.246 e. The van der Waals surface area contributed by atoms with Crippen LogP contribution in [0.1, 0.15) is 64.4 Å². The summed E-state index contributed by atoms with van der Waals surface area (Å²) >= 11 is 6.29. The van der Waals surface area contributed by atoms with Crippen molar-refractivity contribution in [3.63, 3.8) is 0 Å². The Bertz CT molecular complexity index is 1150. The average molecular weight is 571 g/mol. The quantitative estimate of drug-likeness (QED) is 0.387. The molecule has 0 aromatic heterocycles. The van der Waals surface area contributed by atoms with Crippen LogP contribution in [0.5, 0.6) is 0 Å². The van der Waals surface area contributed by atoms with Gasteiger partial charge in [0.15, 0.2) is 0 Å². The number of anilines is 1. The van der Waals surface area contributed by atoms with Crippen LogP contribution in [0.3, 0.4) is 0 Å². The minimum Gasteiger partial charge on any atom is -0.359 e. The second-order valence-electron chi connectivity index (χ2n) is 11.9. The van der Waals surface area contributed by atoms with Gasteiger partial charge in [0.25, 0.3) is 0 Å². The summed E-state index contributed by atoms with van der Waals surface area (Å²) in [6.07, 6.45) is 10.5. The van der Waals surface area contributed by atoms with Crippen molar-refractivity contribution < 1.29 is 19.1 Å². The van der Waals surface area contributed by atoms with E-state index in [4.69, 9.17) is 16.3 Å². The van der Waals surface area contributed by atoms with Crippen LogP contribution in [-0.4, -0.2) is 77.5 Å². The van der Waals surface area contributed by atoms with Crippen LogP contribution in [-0.2, 0) is 19.1 Å². The van der Waals surface area contributed by atoms with Crippen LogP contribution >= 0.6 is 11.6 Å².